The highest BCUT2D eigenvalue weighted by atomic mass is 32.2. The predicted molar refractivity (Wildman–Crippen MR) is 110 cm³/mol. The highest BCUT2D eigenvalue weighted by Crippen LogP contribution is 2.33. The number of hydrogen-bond donors (Lipinski definition) is 1. The number of anilines is 2. The number of carbonyl (C=O) groups is 1. The number of nitrogens with one attached hydrogen (secondary N) is 1. The van der Waals surface area contributed by atoms with Gasteiger partial charge in [0.15, 0.2) is 11.6 Å². The molecule has 5 nitrogen and oxygen atoms in total. The van der Waals surface area contributed by atoms with E-state index in [1.54, 1.807) is 4.90 Å². The molecular weight excluding hydrogens is 410 g/mol. The van der Waals surface area contributed by atoms with Crippen LogP contribution in [0.1, 0.15) is 22.8 Å². The molecule has 8 heteroatoms. The Bertz CT molecular complexity index is 1230. The van der Waals surface area contributed by atoms with Crippen molar-refractivity contribution in [2.75, 3.05) is 9.62 Å². The van der Waals surface area contributed by atoms with Crippen molar-refractivity contribution in [2.24, 2.45) is 0 Å². The first-order chi connectivity index (χ1) is 14.3. The van der Waals surface area contributed by atoms with Crippen molar-refractivity contribution in [3.8, 4) is 0 Å². The van der Waals surface area contributed by atoms with Crippen LogP contribution in [0.25, 0.3) is 0 Å². The number of amides is 1. The normalized spacial score (nSPS) is 15.7. The number of carbonyl (C=O) groups excluding carboxylic acids is 1. The van der Waals surface area contributed by atoms with Crippen LogP contribution in [0.4, 0.5) is 20.2 Å². The van der Waals surface area contributed by atoms with Crippen LogP contribution in [-0.2, 0) is 16.4 Å². The molecule has 1 N–H and O–H groups in total. The van der Waals surface area contributed by atoms with Crippen LogP contribution in [0.3, 0.4) is 0 Å². The first-order valence-electron chi connectivity index (χ1n) is 9.25. The van der Waals surface area contributed by atoms with Crippen molar-refractivity contribution in [3.63, 3.8) is 0 Å². The summed E-state index contributed by atoms with van der Waals surface area (Å²) in [6.45, 7) is 1.97. The van der Waals surface area contributed by atoms with Gasteiger partial charge in [0.2, 0.25) is 0 Å². The molecule has 0 spiro atoms. The molecule has 1 aliphatic rings. The second-order valence-electron chi connectivity index (χ2n) is 7.12. The Balaban J connectivity index is 1.54. The Morgan fingerprint density at radius 2 is 1.70 bits per heavy atom. The highest BCUT2D eigenvalue weighted by Gasteiger charge is 2.31. The summed E-state index contributed by atoms with van der Waals surface area (Å²) >= 11 is 0. The summed E-state index contributed by atoms with van der Waals surface area (Å²) < 4.78 is 53.5. The Hall–Kier alpha value is -3.26. The third-order valence-electron chi connectivity index (χ3n) is 5.01. The van der Waals surface area contributed by atoms with Crippen molar-refractivity contribution < 1.29 is 22.0 Å². The van der Waals surface area contributed by atoms with Crippen LogP contribution in [0.15, 0.2) is 71.6 Å². The van der Waals surface area contributed by atoms with E-state index >= 15 is 0 Å². The molecule has 1 atom stereocenters. The molecule has 1 amide bonds. The van der Waals surface area contributed by atoms with Gasteiger partial charge in [-0.2, -0.15) is 0 Å². The van der Waals surface area contributed by atoms with Gasteiger partial charge in [0.1, 0.15) is 0 Å². The number of sulfonamides is 1. The summed E-state index contributed by atoms with van der Waals surface area (Å²) in [6.07, 6.45) is 0.772. The maximum Gasteiger partial charge on any atom is 0.261 e. The SMILES string of the molecule is C[C@@H]1Cc2ccccc2N1C(=O)c1ccc(NS(=O)(=O)c2ccc(F)c(F)c2)cc1. The summed E-state index contributed by atoms with van der Waals surface area (Å²) in [6, 6.07) is 16.0. The summed E-state index contributed by atoms with van der Waals surface area (Å²) in [7, 11) is -4.10. The number of para-hydroxylation sites is 1. The minimum Gasteiger partial charge on any atom is -0.305 e. The topological polar surface area (TPSA) is 66.5 Å². The lowest BCUT2D eigenvalue weighted by Gasteiger charge is -2.23. The molecule has 0 saturated carbocycles. The maximum atomic E-state index is 13.4. The average molecular weight is 428 g/mol. The van der Waals surface area contributed by atoms with E-state index < -0.39 is 26.6 Å². The molecule has 1 heterocycles. The van der Waals surface area contributed by atoms with E-state index in [2.05, 4.69) is 4.72 Å². The molecule has 0 unspecified atom stereocenters. The van der Waals surface area contributed by atoms with Crippen LogP contribution in [0.5, 0.6) is 0 Å². The van der Waals surface area contributed by atoms with Gasteiger partial charge in [0, 0.05) is 23.0 Å². The van der Waals surface area contributed by atoms with Gasteiger partial charge < -0.3 is 4.90 Å². The van der Waals surface area contributed by atoms with Crippen LogP contribution in [0.2, 0.25) is 0 Å². The molecule has 3 aromatic rings. The van der Waals surface area contributed by atoms with E-state index in [0.29, 0.717) is 11.6 Å². The van der Waals surface area contributed by atoms with E-state index in [-0.39, 0.29) is 17.6 Å². The Morgan fingerprint density at radius 3 is 2.40 bits per heavy atom. The minimum absolute atomic E-state index is 0.0152. The first kappa shape index (κ1) is 20.0. The number of nitrogens with zero attached hydrogens (tertiary/aromatic N) is 1. The molecule has 0 aromatic heterocycles. The lowest BCUT2D eigenvalue weighted by atomic mass is 10.1. The Kier molecular flexibility index (Phi) is 5.03. The summed E-state index contributed by atoms with van der Waals surface area (Å²) in [5, 5.41) is 0. The number of hydrogen-bond acceptors (Lipinski definition) is 3. The Labute approximate surface area is 173 Å². The van der Waals surface area contributed by atoms with E-state index in [1.807, 2.05) is 31.2 Å². The van der Waals surface area contributed by atoms with Crippen molar-refractivity contribution in [1.29, 1.82) is 0 Å². The van der Waals surface area contributed by atoms with Crippen LogP contribution >= 0.6 is 0 Å². The number of benzene rings is 3. The fourth-order valence-corrected chi connectivity index (χ4v) is 4.62. The van der Waals surface area contributed by atoms with Gasteiger partial charge in [-0.1, -0.05) is 18.2 Å². The lowest BCUT2D eigenvalue weighted by Crippen LogP contribution is -2.35. The average Bonchev–Trinajstić information content (AvgIpc) is 3.05. The number of fused-ring (bicyclic) bond motifs is 1. The molecule has 0 bridgehead atoms. The second-order valence-corrected chi connectivity index (χ2v) is 8.80. The molecule has 1 aliphatic heterocycles. The van der Waals surface area contributed by atoms with Crippen molar-refractivity contribution >= 4 is 27.3 Å². The molecule has 0 saturated heterocycles. The van der Waals surface area contributed by atoms with Crippen LogP contribution in [0, 0.1) is 11.6 Å². The zero-order chi connectivity index (χ0) is 21.5. The number of rotatable bonds is 4. The summed E-state index contributed by atoms with van der Waals surface area (Å²) in [5.74, 6) is -2.56. The van der Waals surface area contributed by atoms with Crippen LogP contribution < -0.4 is 9.62 Å². The first-order valence-corrected chi connectivity index (χ1v) is 10.7. The Morgan fingerprint density at radius 1 is 1.00 bits per heavy atom. The molecule has 30 heavy (non-hydrogen) atoms. The van der Waals surface area contributed by atoms with Crippen molar-refractivity contribution in [3.05, 3.63) is 89.5 Å². The van der Waals surface area contributed by atoms with Gasteiger partial charge in [-0.15, -0.1) is 0 Å². The van der Waals surface area contributed by atoms with Crippen molar-refractivity contribution in [1.82, 2.24) is 0 Å². The summed E-state index contributed by atoms with van der Waals surface area (Å²) in [4.78, 5) is 14.4. The lowest BCUT2D eigenvalue weighted by molar-refractivity contribution is 0.0981. The predicted octanol–water partition coefficient (Wildman–Crippen LogP) is 4.36. The zero-order valence-corrected chi connectivity index (χ0v) is 16.8. The number of halogens is 2. The molecule has 3 aromatic carbocycles. The molecule has 0 radical (unpaired) electrons. The standard InChI is InChI=1S/C22H18F2N2O3S/c1-14-12-16-4-2-3-5-21(16)26(14)22(27)15-6-8-17(9-7-15)25-30(28,29)18-10-11-19(23)20(24)13-18/h2-11,13-14,25H,12H2,1H3/t14-/m1/s1. The maximum absolute atomic E-state index is 13.4. The minimum atomic E-state index is -4.10. The van der Waals surface area contributed by atoms with Gasteiger partial charge in [-0.3, -0.25) is 9.52 Å². The molecule has 0 aliphatic carbocycles. The van der Waals surface area contributed by atoms with E-state index in [0.717, 1.165) is 29.8 Å². The third kappa shape index (κ3) is 3.66. The fraction of sp³-hybridized carbons (Fsp3) is 0.136. The molecular formula is C22H18F2N2O3S. The van der Waals surface area contributed by atoms with Gasteiger partial charge in [-0.05, 0) is 67.4 Å². The molecule has 0 fully saturated rings. The van der Waals surface area contributed by atoms with Gasteiger partial charge in [0.25, 0.3) is 15.9 Å². The fourth-order valence-electron chi connectivity index (χ4n) is 3.55. The zero-order valence-electron chi connectivity index (χ0n) is 16.0. The third-order valence-corrected chi connectivity index (χ3v) is 6.39. The molecule has 154 valence electrons. The molecule has 4 rings (SSSR count). The summed E-state index contributed by atoms with van der Waals surface area (Å²) in [5.41, 5.74) is 2.59. The van der Waals surface area contributed by atoms with Gasteiger partial charge >= 0.3 is 0 Å². The van der Waals surface area contributed by atoms with Gasteiger partial charge in [-0.25, -0.2) is 17.2 Å². The highest BCUT2D eigenvalue weighted by molar-refractivity contribution is 7.92. The van der Waals surface area contributed by atoms with Crippen molar-refractivity contribution in [2.45, 2.75) is 24.3 Å². The van der Waals surface area contributed by atoms with Crippen LogP contribution in [-0.4, -0.2) is 20.4 Å². The van der Waals surface area contributed by atoms with Gasteiger partial charge in [0.05, 0.1) is 4.90 Å². The smallest absolute Gasteiger partial charge is 0.261 e. The second kappa shape index (κ2) is 7.53. The van der Waals surface area contributed by atoms with E-state index in [4.69, 9.17) is 0 Å². The van der Waals surface area contributed by atoms with E-state index in [9.17, 15) is 22.0 Å². The largest absolute Gasteiger partial charge is 0.305 e. The quantitative estimate of drug-likeness (QED) is 0.672. The van der Waals surface area contributed by atoms with E-state index in [1.165, 1.54) is 24.3 Å². The monoisotopic (exact) mass is 428 g/mol.